The van der Waals surface area contributed by atoms with Crippen molar-refractivity contribution in [3.63, 3.8) is 0 Å². The molecule has 48 heavy (non-hydrogen) atoms. The molecule has 0 bridgehead atoms. The van der Waals surface area contributed by atoms with Gasteiger partial charge in [-0.3, -0.25) is 13.9 Å². The highest BCUT2D eigenvalue weighted by Gasteiger charge is 2.10. The van der Waals surface area contributed by atoms with E-state index in [-0.39, 0.29) is 28.7 Å². The Kier molecular flexibility index (Phi) is 38.6. The van der Waals surface area contributed by atoms with Gasteiger partial charge in [0.1, 0.15) is 11.6 Å². The number of aryl methyl sites for hydroxylation is 4. The Morgan fingerprint density at radius 2 is 1.19 bits per heavy atom. The van der Waals surface area contributed by atoms with E-state index in [4.69, 9.17) is 5.26 Å². The second-order valence-electron chi connectivity index (χ2n) is 9.63. The van der Waals surface area contributed by atoms with Crippen molar-refractivity contribution < 1.29 is 9.59 Å². The number of rotatable bonds is 7. The van der Waals surface area contributed by atoms with Crippen LogP contribution in [0.4, 0.5) is 0 Å². The Hall–Kier alpha value is -3.79. The van der Waals surface area contributed by atoms with Crippen LogP contribution < -0.4 is 11.2 Å². The summed E-state index contributed by atoms with van der Waals surface area (Å²) in [5.41, 5.74) is 4.48. The van der Waals surface area contributed by atoms with E-state index in [0.29, 0.717) is 31.3 Å². The number of nitriles is 1. The van der Waals surface area contributed by atoms with Gasteiger partial charge in [0, 0.05) is 25.9 Å². The molecular formula is C41H71N3O4. The molecule has 0 saturated carbocycles. The molecule has 1 heterocycles. The van der Waals surface area contributed by atoms with Gasteiger partial charge in [0.15, 0.2) is 0 Å². The van der Waals surface area contributed by atoms with Crippen LogP contribution in [-0.2, 0) is 29.1 Å². The molecular weight excluding hydrogens is 598 g/mol. The number of fused-ring (bicyclic) bond motifs is 1. The highest BCUT2D eigenvalue weighted by molar-refractivity contribution is 5.79. The summed E-state index contributed by atoms with van der Waals surface area (Å²) in [4.78, 5) is 45.3. The maximum Gasteiger partial charge on any atom is 0.331 e. The van der Waals surface area contributed by atoms with Crippen molar-refractivity contribution in [1.82, 2.24) is 9.13 Å². The molecule has 0 aliphatic heterocycles. The third-order valence-electron chi connectivity index (χ3n) is 6.10. The third kappa shape index (κ3) is 21.2. The van der Waals surface area contributed by atoms with Crippen molar-refractivity contribution in [2.45, 2.75) is 157 Å². The number of Topliss-reactive ketones (excluding diaryl/α,β-unsaturated/α-hetero) is 2. The van der Waals surface area contributed by atoms with Crippen LogP contribution in [-0.4, -0.2) is 20.7 Å². The lowest BCUT2D eigenvalue weighted by Crippen LogP contribution is -2.39. The zero-order valence-corrected chi connectivity index (χ0v) is 34.1. The van der Waals surface area contributed by atoms with Crippen LogP contribution in [0.3, 0.4) is 0 Å². The van der Waals surface area contributed by atoms with Crippen molar-refractivity contribution in [1.29, 1.82) is 5.26 Å². The number of ketones is 2. The third-order valence-corrected chi connectivity index (χ3v) is 6.10. The van der Waals surface area contributed by atoms with Crippen LogP contribution in [0.5, 0.6) is 0 Å². The summed E-state index contributed by atoms with van der Waals surface area (Å²) in [6.07, 6.45) is 2.09. The predicted octanol–water partition coefficient (Wildman–Crippen LogP) is 10.7. The van der Waals surface area contributed by atoms with Gasteiger partial charge in [-0.2, -0.15) is 5.26 Å². The molecule has 0 saturated heterocycles. The Morgan fingerprint density at radius 3 is 1.54 bits per heavy atom. The average molecular weight is 670 g/mol. The summed E-state index contributed by atoms with van der Waals surface area (Å²) in [6, 6.07) is 13.7. The maximum atomic E-state index is 12.2. The molecule has 0 aliphatic rings. The van der Waals surface area contributed by atoms with Gasteiger partial charge < -0.3 is 9.59 Å². The van der Waals surface area contributed by atoms with Gasteiger partial charge in [-0.05, 0) is 83.2 Å². The number of hydrogen-bond acceptors (Lipinski definition) is 5. The van der Waals surface area contributed by atoms with E-state index in [0.717, 1.165) is 28.6 Å². The largest absolute Gasteiger partial charge is 0.331 e. The highest BCUT2D eigenvalue weighted by Crippen LogP contribution is 2.11. The first-order chi connectivity index (χ1) is 22.9. The smallest absolute Gasteiger partial charge is 0.300 e. The van der Waals surface area contributed by atoms with E-state index >= 15 is 0 Å². The van der Waals surface area contributed by atoms with Crippen LogP contribution in [0.15, 0.2) is 46.0 Å². The lowest BCUT2D eigenvalue weighted by atomic mass is 10.00. The molecule has 0 aliphatic carbocycles. The highest BCUT2D eigenvalue weighted by atomic mass is 16.2. The minimum atomic E-state index is -0.226. The molecule has 0 amide bonds. The molecule has 2 aromatic carbocycles. The summed E-state index contributed by atoms with van der Waals surface area (Å²) in [5.74, 6) is 0.539. The number of aromatic nitrogens is 2. The minimum absolute atomic E-state index is 0.161. The molecule has 3 aromatic rings. The first kappa shape index (κ1) is 53.7. The Morgan fingerprint density at radius 1 is 0.729 bits per heavy atom. The van der Waals surface area contributed by atoms with Gasteiger partial charge in [0.05, 0.1) is 22.5 Å². The number of carbonyl (C=O) groups excluding carboxylic acids is 2. The second-order valence-corrected chi connectivity index (χ2v) is 9.63. The fraction of sp³-hybridized carbons (Fsp3) is 0.585. The summed E-state index contributed by atoms with van der Waals surface area (Å²) >= 11 is 0. The van der Waals surface area contributed by atoms with Crippen molar-refractivity contribution in [2.24, 2.45) is 5.92 Å². The minimum Gasteiger partial charge on any atom is -0.300 e. The number of benzene rings is 2. The zero-order valence-electron chi connectivity index (χ0n) is 34.1. The first-order valence-corrected chi connectivity index (χ1v) is 18.1. The van der Waals surface area contributed by atoms with E-state index in [2.05, 4.69) is 19.1 Å². The number of nitrogens with zero attached hydrogens (tertiary/aromatic N) is 3. The molecule has 0 N–H and O–H groups in total. The average Bonchev–Trinajstić information content (AvgIpc) is 3.10. The predicted molar refractivity (Wildman–Crippen MR) is 210 cm³/mol. The maximum absolute atomic E-state index is 12.2. The van der Waals surface area contributed by atoms with Gasteiger partial charge in [-0.1, -0.05) is 107 Å². The van der Waals surface area contributed by atoms with Gasteiger partial charge in [-0.25, -0.2) is 4.79 Å². The molecule has 7 nitrogen and oxygen atoms in total. The molecule has 3 rings (SSSR count). The fourth-order valence-corrected chi connectivity index (χ4v) is 4.25. The van der Waals surface area contributed by atoms with Gasteiger partial charge in [0.25, 0.3) is 5.56 Å². The normalized spacial score (nSPS) is 8.71. The van der Waals surface area contributed by atoms with E-state index in [9.17, 15) is 19.2 Å². The summed E-state index contributed by atoms with van der Waals surface area (Å²) in [6.45, 7) is 35.7. The van der Waals surface area contributed by atoms with Crippen molar-refractivity contribution in [3.05, 3.63) is 79.5 Å². The number of carbonyl (C=O) groups is 2. The molecule has 0 radical (unpaired) electrons. The van der Waals surface area contributed by atoms with Crippen LogP contribution in [0.25, 0.3) is 10.9 Å². The van der Waals surface area contributed by atoms with Gasteiger partial charge >= 0.3 is 5.69 Å². The SMILES string of the molecule is CC.CC.CC.CC.CC.CC(=O)CC(C)CC(C)=O.CCc1ccc(C#N)c(C)c1.CCn1c(=O)c2cc(C)ccc2n(CC)c1=O. The molecule has 0 fully saturated rings. The van der Waals surface area contributed by atoms with Crippen molar-refractivity contribution >= 4 is 22.5 Å². The second kappa shape index (κ2) is 34.5. The molecule has 0 spiro atoms. The Bertz CT molecular complexity index is 1410. The van der Waals surface area contributed by atoms with Gasteiger partial charge in [-0.15, -0.1) is 0 Å². The van der Waals surface area contributed by atoms with Crippen LogP contribution in [0.1, 0.15) is 146 Å². The van der Waals surface area contributed by atoms with Crippen molar-refractivity contribution in [3.8, 4) is 6.07 Å². The van der Waals surface area contributed by atoms with E-state index in [1.54, 1.807) is 18.4 Å². The number of hydrogen-bond donors (Lipinski definition) is 0. The monoisotopic (exact) mass is 670 g/mol. The van der Waals surface area contributed by atoms with E-state index in [1.807, 2.05) is 134 Å². The lowest BCUT2D eigenvalue weighted by molar-refractivity contribution is -0.119. The van der Waals surface area contributed by atoms with E-state index in [1.165, 1.54) is 10.1 Å². The fourth-order valence-electron chi connectivity index (χ4n) is 4.25. The Balaban J connectivity index is -0.000000175. The van der Waals surface area contributed by atoms with Gasteiger partial charge in [0.2, 0.25) is 0 Å². The summed E-state index contributed by atoms with van der Waals surface area (Å²) in [7, 11) is 0. The van der Waals surface area contributed by atoms with Crippen molar-refractivity contribution in [2.75, 3.05) is 0 Å². The quantitative estimate of drug-likeness (QED) is 0.249. The molecule has 1 aromatic heterocycles. The van der Waals surface area contributed by atoms with Crippen LogP contribution in [0, 0.1) is 31.1 Å². The van der Waals surface area contributed by atoms with Crippen LogP contribution in [0.2, 0.25) is 0 Å². The van der Waals surface area contributed by atoms with E-state index < -0.39 is 0 Å². The summed E-state index contributed by atoms with van der Waals surface area (Å²) in [5, 5.41) is 9.25. The summed E-state index contributed by atoms with van der Waals surface area (Å²) < 4.78 is 2.92. The lowest BCUT2D eigenvalue weighted by Gasteiger charge is -2.11. The van der Waals surface area contributed by atoms with Crippen LogP contribution >= 0.6 is 0 Å². The topological polar surface area (TPSA) is 102 Å². The molecule has 7 heteroatoms. The molecule has 274 valence electrons. The Labute approximate surface area is 294 Å². The standard InChI is InChI=1S/C13H16N2O2.C10H11N.C8H14O2.5C2H6/c1-4-14-11-7-6-9(3)8-10(11)12(16)15(5-2)13(14)17;1-3-9-4-5-10(7-11)8(2)6-9;1-6(4-7(2)9)5-8(3)10;5*1-2/h6-8H,4-5H2,1-3H3;4-6H,3H2,1-2H3;6H,4-5H2,1-3H3;5*1-2H3. The zero-order chi connectivity index (χ0) is 39.0. The first-order valence-electron chi connectivity index (χ1n) is 18.1. The molecule has 0 atom stereocenters. The molecule has 0 unspecified atom stereocenters.